The van der Waals surface area contributed by atoms with Gasteiger partial charge in [0.1, 0.15) is 21.8 Å². The maximum Gasteiger partial charge on any atom is 0.405 e. The molecule has 0 bridgehead atoms. The first kappa shape index (κ1) is 29.7. The second-order valence-electron chi connectivity index (χ2n) is 9.94. The Morgan fingerprint density at radius 2 is 1.98 bits per heavy atom. The summed E-state index contributed by atoms with van der Waals surface area (Å²) in [4.78, 5) is 27.5. The number of aromatic nitrogens is 2. The Labute approximate surface area is 237 Å². The number of thiazole rings is 1. The molecule has 2 N–H and O–H groups in total. The fraction of sp³-hybridized carbons (Fsp3) is 0.444. The Kier molecular flexibility index (Phi) is 8.97. The molecule has 0 unspecified atom stereocenters. The van der Waals surface area contributed by atoms with E-state index in [0.29, 0.717) is 22.8 Å². The summed E-state index contributed by atoms with van der Waals surface area (Å²) in [7, 11) is 4.23. The largest absolute Gasteiger partial charge is 0.405 e. The van der Waals surface area contributed by atoms with Crippen LogP contribution >= 0.6 is 22.9 Å². The predicted octanol–water partition coefficient (Wildman–Crippen LogP) is 3.79. The number of fused-ring (bicyclic) bond motifs is 1. The van der Waals surface area contributed by atoms with Gasteiger partial charge in [-0.1, -0.05) is 11.6 Å². The minimum absolute atomic E-state index is 0.0118. The van der Waals surface area contributed by atoms with Gasteiger partial charge in [0.2, 0.25) is 0 Å². The number of nitriles is 1. The number of nitrogens with one attached hydrogen (secondary N) is 2. The van der Waals surface area contributed by atoms with Gasteiger partial charge < -0.3 is 20.1 Å². The van der Waals surface area contributed by atoms with Crippen LogP contribution < -0.4 is 25.4 Å². The third-order valence-corrected chi connectivity index (χ3v) is 8.60. The molecule has 0 saturated heterocycles. The molecular formula is C27H30ClF3N6O2S. The van der Waals surface area contributed by atoms with E-state index in [9.17, 15) is 28.0 Å². The molecule has 1 saturated carbocycles. The molecule has 1 fully saturated rings. The molecular weight excluding hydrogens is 565 g/mol. The second-order valence-corrected chi connectivity index (χ2v) is 11.4. The quantitative estimate of drug-likeness (QED) is 0.434. The van der Waals surface area contributed by atoms with Crippen LogP contribution in [0.2, 0.25) is 5.02 Å². The van der Waals surface area contributed by atoms with Crippen LogP contribution in [-0.2, 0) is 11.3 Å². The lowest BCUT2D eigenvalue weighted by Gasteiger charge is -2.33. The maximum absolute atomic E-state index is 13.0. The van der Waals surface area contributed by atoms with Crippen molar-refractivity contribution in [1.29, 1.82) is 5.26 Å². The van der Waals surface area contributed by atoms with Crippen molar-refractivity contribution in [2.24, 2.45) is 0 Å². The van der Waals surface area contributed by atoms with Crippen molar-refractivity contribution in [2.75, 3.05) is 26.0 Å². The van der Waals surface area contributed by atoms with Gasteiger partial charge in [-0.05, 0) is 64.9 Å². The maximum atomic E-state index is 13.0. The molecule has 0 atom stereocenters. The van der Waals surface area contributed by atoms with Gasteiger partial charge in [0.05, 0.1) is 5.02 Å². The van der Waals surface area contributed by atoms with E-state index in [4.69, 9.17) is 11.6 Å². The minimum Gasteiger partial charge on any atom is -0.360 e. The van der Waals surface area contributed by atoms with Crippen LogP contribution in [0.4, 0.5) is 18.9 Å². The third kappa shape index (κ3) is 6.37. The normalized spacial score (nSPS) is 19.1. The first-order chi connectivity index (χ1) is 18.9. The van der Waals surface area contributed by atoms with E-state index in [-0.39, 0.29) is 15.7 Å². The Morgan fingerprint density at radius 3 is 2.58 bits per heavy atom. The molecule has 214 valence electrons. The second kappa shape index (κ2) is 12.1. The summed E-state index contributed by atoms with van der Waals surface area (Å²) in [5.41, 5.74) is 0.675. The third-order valence-electron chi connectivity index (χ3n) is 7.17. The van der Waals surface area contributed by atoms with Crippen LogP contribution in [0.3, 0.4) is 0 Å². The zero-order valence-corrected chi connectivity index (χ0v) is 23.9. The summed E-state index contributed by atoms with van der Waals surface area (Å²) in [5, 5.41) is 15.8. The monoisotopic (exact) mass is 594 g/mol. The Hall–Kier alpha value is -3.27. The van der Waals surface area contributed by atoms with Crippen molar-refractivity contribution in [3.8, 4) is 6.07 Å². The lowest BCUT2D eigenvalue weighted by atomic mass is 9.90. The number of carbonyl (C=O) groups is 1. The number of anilines is 1. The van der Waals surface area contributed by atoms with E-state index in [2.05, 4.69) is 28.9 Å². The molecule has 8 nitrogen and oxygen atoms in total. The van der Waals surface area contributed by atoms with E-state index in [1.54, 1.807) is 18.3 Å². The van der Waals surface area contributed by atoms with E-state index in [1.807, 2.05) is 24.4 Å². The van der Waals surface area contributed by atoms with Crippen molar-refractivity contribution in [3.63, 3.8) is 0 Å². The van der Waals surface area contributed by atoms with Crippen molar-refractivity contribution in [3.05, 3.63) is 49.0 Å². The zero-order chi connectivity index (χ0) is 29.2. The topological polar surface area (TPSA) is 95.1 Å². The van der Waals surface area contributed by atoms with Crippen LogP contribution in [0.15, 0.2) is 29.2 Å². The first-order valence-electron chi connectivity index (χ1n) is 12.9. The number of amides is 1. The van der Waals surface area contributed by atoms with E-state index in [1.165, 1.54) is 10.8 Å². The molecule has 2 heterocycles. The van der Waals surface area contributed by atoms with Crippen LogP contribution in [-0.4, -0.2) is 52.8 Å². The van der Waals surface area contributed by atoms with E-state index in [0.717, 1.165) is 47.9 Å². The molecule has 0 aliphatic heterocycles. The summed E-state index contributed by atoms with van der Waals surface area (Å²) in [6.45, 7) is 0.191. The Bertz CT molecular complexity index is 1620. The highest BCUT2D eigenvalue weighted by molar-refractivity contribution is 7.07. The molecule has 1 amide bonds. The average Bonchev–Trinajstić information content (AvgIpc) is 3.41. The summed E-state index contributed by atoms with van der Waals surface area (Å²) in [6.07, 6.45) is 3.17. The molecule has 1 aliphatic carbocycles. The molecule has 1 aromatic carbocycles. The van der Waals surface area contributed by atoms with Gasteiger partial charge in [0.25, 0.3) is 11.5 Å². The van der Waals surface area contributed by atoms with E-state index >= 15 is 0 Å². The van der Waals surface area contributed by atoms with E-state index < -0.39 is 29.8 Å². The number of halogens is 4. The number of carbonyl (C=O) groups excluding carboxylic acids is 1. The van der Waals surface area contributed by atoms with Crippen molar-refractivity contribution in [2.45, 2.75) is 57.4 Å². The Morgan fingerprint density at radius 1 is 1.27 bits per heavy atom. The fourth-order valence-electron chi connectivity index (χ4n) is 5.06. The highest BCUT2D eigenvalue weighted by Crippen LogP contribution is 2.36. The summed E-state index contributed by atoms with van der Waals surface area (Å²) >= 11 is 7.46. The minimum atomic E-state index is -4.63. The highest BCUT2D eigenvalue weighted by Gasteiger charge is 2.29. The van der Waals surface area contributed by atoms with Crippen molar-refractivity contribution in [1.82, 2.24) is 19.4 Å². The summed E-state index contributed by atoms with van der Waals surface area (Å²) in [6, 6.07) is 8.34. The van der Waals surface area contributed by atoms with Gasteiger partial charge in [-0.15, -0.1) is 11.3 Å². The van der Waals surface area contributed by atoms with Crippen LogP contribution in [0.25, 0.3) is 22.7 Å². The number of hydrogen-bond acceptors (Lipinski definition) is 6. The van der Waals surface area contributed by atoms with Crippen LogP contribution in [0.5, 0.6) is 0 Å². The number of benzene rings is 1. The molecule has 4 rings (SSSR count). The predicted molar refractivity (Wildman–Crippen MR) is 152 cm³/mol. The number of nitrogens with zero attached hydrogens (tertiary/aromatic N) is 4. The van der Waals surface area contributed by atoms with Crippen molar-refractivity contribution < 1.29 is 18.0 Å². The molecule has 40 heavy (non-hydrogen) atoms. The summed E-state index contributed by atoms with van der Waals surface area (Å²) < 4.78 is 41.2. The fourth-order valence-corrected chi connectivity index (χ4v) is 6.41. The SMILES string of the molecule is CCn1c(=O)/c(=C/Nc2ccc3c(c2)c(Cl)cn3C2CCC(N(C)C)CC2)s/c1=C(\C#N)C(=O)NCC(F)(F)F. The molecule has 1 aliphatic rings. The highest BCUT2D eigenvalue weighted by atomic mass is 35.5. The van der Waals surface area contributed by atoms with Gasteiger partial charge in [0.15, 0.2) is 5.57 Å². The summed E-state index contributed by atoms with van der Waals surface area (Å²) in [5.74, 6) is -1.19. The Balaban J connectivity index is 1.62. The lowest BCUT2D eigenvalue weighted by Crippen LogP contribution is -2.37. The van der Waals surface area contributed by atoms with Gasteiger partial charge in [0, 0.05) is 47.6 Å². The standard InChI is InChI=1S/C27H30ClF3N6O2S/c1-4-36-25(39)23(40-26(36)20(12-32)24(38)34-15-27(29,30)31)13-33-16-5-10-22-19(11-16)21(28)14-37(22)18-8-6-17(7-9-18)35(2)3/h5,10-11,13-14,17-18,33H,4,6-9,15H2,1-3H3,(H,34,38)/b23-13-,26-20+. The molecule has 0 radical (unpaired) electrons. The lowest BCUT2D eigenvalue weighted by molar-refractivity contribution is -0.135. The van der Waals surface area contributed by atoms with Gasteiger partial charge in [-0.25, -0.2) is 0 Å². The number of rotatable bonds is 7. The van der Waals surface area contributed by atoms with Gasteiger partial charge in [-0.2, -0.15) is 18.4 Å². The molecule has 2 aromatic heterocycles. The first-order valence-corrected chi connectivity index (χ1v) is 14.0. The van der Waals surface area contributed by atoms with Crippen LogP contribution in [0.1, 0.15) is 38.6 Å². The average molecular weight is 595 g/mol. The number of alkyl halides is 3. The molecule has 13 heteroatoms. The number of hydrogen-bond donors (Lipinski definition) is 2. The molecule has 0 spiro atoms. The van der Waals surface area contributed by atoms with Crippen molar-refractivity contribution >= 4 is 57.2 Å². The van der Waals surface area contributed by atoms with Crippen LogP contribution in [0, 0.1) is 11.3 Å². The smallest absolute Gasteiger partial charge is 0.360 e. The van der Waals surface area contributed by atoms with Gasteiger partial charge >= 0.3 is 6.18 Å². The zero-order valence-electron chi connectivity index (χ0n) is 22.3. The molecule has 3 aromatic rings. The van der Waals surface area contributed by atoms with Gasteiger partial charge in [-0.3, -0.25) is 14.2 Å².